The fourth-order valence-electron chi connectivity index (χ4n) is 13.6. The van der Waals surface area contributed by atoms with Crippen LogP contribution in [0.25, 0.3) is 133 Å². The van der Waals surface area contributed by atoms with Crippen molar-refractivity contribution in [2.75, 3.05) is 0 Å². The number of aryl methyl sites for hydroxylation is 4. The van der Waals surface area contributed by atoms with Crippen LogP contribution in [0.5, 0.6) is 0 Å². The van der Waals surface area contributed by atoms with Crippen molar-refractivity contribution in [1.82, 2.24) is 0 Å². The van der Waals surface area contributed by atoms with Gasteiger partial charge in [-0.05, 0) is 98.5 Å². The number of fused-ring (bicyclic) bond motifs is 4. The summed E-state index contributed by atoms with van der Waals surface area (Å²) in [6.45, 7) is 13.0. The predicted octanol–water partition coefficient (Wildman–Crippen LogP) is 21.7. The number of rotatable bonds is 12. The van der Waals surface area contributed by atoms with E-state index in [-0.39, 0.29) is 0 Å². The molecular formula is C82H62Cl2O4Si2Zr-4. The zero-order chi connectivity index (χ0) is 62.3. The van der Waals surface area contributed by atoms with Crippen LogP contribution in [0.4, 0.5) is 0 Å². The Labute approximate surface area is 552 Å². The van der Waals surface area contributed by atoms with Crippen molar-refractivity contribution in [3.05, 3.63) is 290 Å². The van der Waals surface area contributed by atoms with Gasteiger partial charge in [-0.15, -0.1) is 112 Å². The van der Waals surface area contributed by atoms with Gasteiger partial charge in [-0.2, -0.15) is 0 Å². The van der Waals surface area contributed by atoms with E-state index in [0.717, 1.165) is 46.1 Å². The third-order valence-electron chi connectivity index (χ3n) is 17.6. The molecule has 16 aromatic rings. The van der Waals surface area contributed by atoms with Gasteiger partial charge < -0.3 is 17.7 Å². The molecular weight excluding hydrogens is 1270 g/mol. The molecule has 9 heteroatoms. The molecule has 0 fully saturated rings. The molecule has 0 aliphatic rings. The average Bonchev–Trinajstić information content (AvgIpc) is 1.62. The van der Waals surface area contributed by atoms with Gasteiger partial charge >= 0.3 is 37.9 Å². The van der Waals surface area contributed by atoms with Crippen molar-refractivity contribution in [2.45, 2.75) is 40.8 Å². The van der Waals surface area contributed by atoms with Gasteiger partial charge in [-0.3, -0.25) is 0 Å². The molecule has 444 valence electrons. The Morgan fingerprint density at radius 2 is 0.484 bits per heavy atom. The normalized spacial score (nSPS) is 11.5. The minimum absolute atomic E-state index is 0.826. The summed E-state index contributed by atoms with van der Waals surface area (Å²) in [4.78, 5) is 0. The van der Waals surface area contributed by atoms with Gasteiger partial charge in [0.1, 0.15) is 0 Å². The molecule has 0 saturated heterocycles. The van der Waals surface area contributed by atoms with Crippen LogP contribution >= 0.6 is 17.0 Å². The first-order valence-electron chi connectivity index (χ1n) is 30.6. The Morgan fingerprint density at radius 1 is 0.275 bits per heavy atom. The van der Waals surface area contributed by atoms with E-state index in [1.165, 1.54) is 131 Å². The zero-order valence-corrected chi connectivity index (χ0v) is 57.3. The van der Waals surface area contributed by atoms with Crippen LogP contribution in [0, 0.1) is 27.7 Å². The molecule has 4 aromatic heterocycles. The van der Waals surface area contributed by atoms with E-state index in [1.54, 1.807) is 0 Å². The number of halogens is 2. The SMILES string of the molecule is Cc1ccc(-c2cc3c(-c4ccccc4)cccc3[c-]2[Si](C)[c-]2c(-c3ccc(C)o3)cc3c(-c4ccccc4)cccc32)o1.Cc1ccc(-c2cc3c(-c4ccccc4)cccc3[c-]2[Si](C)[c-]2c(-c3ccc(C)o3)cc3c(-c4ccccc4)cccc32)o1.[Cl][Zr][Cl]. The van der Waals surface area contributed by atoms with Crippen LogP contribution in [0.3, 0.4) is 0 Å². The molecule has 0 aliphatic carbocycles. The van der Waals surface area contributed by atoms with Crippen LogP contribution in [-0.4, -0.2) is 17.6 Å². The minimum atomic E-state index is -1.36. The predicted molar refractivity (Wildman–Crippen MR) is 383 cm³/mol. The monoisotopic (exact) mass is 1330 g/mol. The second-order valence-electron chi connectivity index (χ2n) is 23.2. The van der Waals surface area contributed by atoms with E-state index in [0.29, 0.717) is 0 Å². The van der Waals surface area contributed by atoms with E-state index < -0.39 is 38.4 Å². The molecule has 4 nitrogen and oxygen atoms in total. The fourth-order valence-corrected chi connectivity index (χ4v) is 19.0. The van der Waals surface area contributed by atoms with Gasteiger partial charge in [0.25, 0.3) is 0 Å². The van der Waals surface area contributed by atoms with Gasteiger partial charge in [0.15, 0.2) is 0 Å². The Balaban J connectivity index is 0.000000152. The summed E-state index contributed by atoms with van der Waals surface area (Å²) in [5, 5.41) is 15.7. The van der Waals surface area contributed by atoms with Crippen molar-refractivity contribution in [2.24, 2.45) is 0 Å². The molecule has 0 spiro atoms. The molecule has 16 rings (SSSR count). The maximum atomic E-state index is 6.33. The molecule has 0 aliphatic heterocycles. The summed E-state index contributed by atoms with van der Waals surface area (Å²) in [6.07, 6.45) is 0. The van der Waals surface area contributed by atoms with Crippen LogP contribution in [0.1, 0.15) is 23.0 Å². The summed E-state index contributed by atoms with van der Waals surface area (Å²) in [7, 11) is 7.15. The van der Waals surface area contributed by atoms with E-state index in [9.17, 15) is 0 Å². The van der Waals surface area contributed by atoms with Crippen LogP contribution in [-0.2, 0) is 20.8 Å². The Hall–Kier alpha value is -8.78. The summed E-state index contributed by atoms with van der Waals surface area (Å²) in [5.74, 6) is 7.37. The molecule has 0 bridgehead atoms. The van der Waals surface area contributed by atoms with Crippen LogP contribution in [0.15, 0.2) is 285 Å². The van der Waals surface area contributed by atoms with Gasteiger partial charge in [-0.1, -0.05) is 227 Å². The third kappa shape index (κ3) is 11.4. The van der Waals surface area contributed by atoms with Crippen molar-refractivity contribution in [1.29, 1.82) is 0 Å². The molecule has 0 unspecified atom stereocenters. The van der Waals surface area contributed by atoms with Gasteiger partial charge in [0, 0.05) is 17.6 Å². The second-order valence-corrected chi connectivity index (χ2v) is 31.5. The number of benzene rings is 8. The molecule has 91 heavy (non-hydrogen) atoms. The number of furan rings is 4. The molecule has 12 aromatic carbocycles. The Morgan fingerprint density at radius 3 is 0.670 bits per heavy atom. The first-order valence-corrected chi connectivity index (χ1v) is 40.9. The topological polar surface area (TPSA) is 52.6 Å². The van der Waals surface area contributed by atoms with Crippen LogP contribution in [0.2, 0.25) is 13.1 Å². The maximum absolute atomic E-state index is 6.33. The molecule has 0 saturated carbocycles. The van der Waals surface area contributed by atoms with Crippen molar-refractivity contribution < 1.29 is 38.5 Å². The summed E-state index contributed by atoms with van der Waals surface area (Å²) < 4.78 is 25.3. The van der Waals surface area contributed by atoms with Crippen molar-refractivity contribution >= 4 is 98.5 Å². The third-order valence-corrected chi connectivity index (χ3v) is 22.8. The van der Waals surface area contributed by atoms with Gasteiger partial charge in [-0.25, -0.2) is 0 Å². The molecule has 0 atom stereocenters. The second kappa shape index (κ2) is 25.8. The zero-order valence-electron chi connectivity index (χ0n) is 51.3. The molecule has 0 N–H and O–H groups in total. The van der Waals surface area contributed by atoms with Gasteiger partial charge in [0.2, 0.25) is 0 Å². The summed E-state index contributed by atoms with van der Waals surface area (Å²) in [5.41, 5.74) is 14.6. The van der Waals surface area contributed by atoms with E-state index in [1.807, 2.05) is 27.7 Å². The Kier molecular flexibility index (Phi) is 17.0. The van der Waals surface area contributed by atoms with Crippen LogP contribution < -0.4 is 20.7 Å². The van der Waals surface area contributed by atoms with Gasteiger partial charge in [0.05, 0.1) is 46.1 Å². The number of hydrogen-bond donors (Lipinski definition) is 0. The Bertz CT molecular complexity index is 4560. The molecule has 0 amide bonds. The summed E-state index contributed by atoms with van der Waals surface area (Å²) in [6, 6.07) is 95.9. The number of hydrogen-bond acceptors (Lipinski definition) is 4. The van der Waals surface area contributed by atoms with E-state index in [4.69, 9.17) is 34.7 Å². The quantitative estimate of drug-likeness (QED) is 0.0904. The summed E-state index contributed by atoms with van der Waals surface area (Å²) >= 11 is -0.826. The average molecular weight is 1330 g/mol. The van der Waals surface area contributed by atoms with Crippen molar-refractivity contribution in [3.63, 3.8) is 0 Å². The fraction of sp³-hybridized carbons (Fsp3) is 0.0732. The first-order chi connectivity index (χ1) is 44.5. The van der Waals surface area contributed by atoms with Crippen molar-refractivity contribution in [3.8, 4) is 89.8 Å². The van der Waals surface area contributed by atoms with E-state index in [2.05, 4.69) is 280 Å². The standard InChI is InChI=1S/2C41H31O2Si.2ClH.Zr/c2*1-26-20-22-38(42-26)36-24-34-30(28-12-6-4-7-13-28)16-10-18-32(34)40(36)44(3)41-33-19-11-17-31(29-14-8-5-9-15-29)35(33)25-37(41)39-23-21-27(2)43-39;;;/h2*4-25H,1-3H3;2*1H;/q2*-2;;;+2/p-2. The first kappa shape index (κ1) is 59.8. The molecule has 2 radical (unpaired) electrons. The van der Waals surface area contributed by atoms with E-state index >= 15 is 0 Å². The molecule has 4 heterocycles.